The summed E-state index contributed by atoms with van der Waals surface area (Å²) in [6.45, 7) is 0. The summed E-state index contributed by atoms with van der Waals surface area (Å²) >= 11 is 0. The lowest BCUT2D eigenvalue weighted by Crippen LogP contribution is -2.13. The van der Waals surface area contributed by atoms with E-state index in [0.29, 0.717) is 11.7 Å². The van der Waals surface area contributed by atoms with Crippen LogP contribution in [0.1, 0.15) is 19.3 Å². The van der Waals surface area contributed by atoms with Crippen molar-refractivity contribution < 1.29 is 9.31 Å². The van der Waals surface area contributed by atoms with Crippen molar-refractivity contribution in [3.63, 3.8) is 0 Å². The summed E-state index contributed by atoms with van der Waals surface area (Å²) in [6.07, 6.45) is 4.01. The monoisotopic (exact) mass is 262 g/mol. The number of non-ortho nitro benzene ring substituents is 1. The van der Waals surface area contributed by atoms with Gasteiger partial charge in [0.2, 0.25) is 0 Å². The van der Waals surface area contributed by atoms with E-state index in [0.717, 1.165) is 29.7 Å². The molecule has 1 aromatic rings. The van der Waals surface area contributed by atoms with Crippen molar-refractivity contribution >= 4 is 11.4 Å². The van der Waals surface area contributed by atoms with Crippen molar-refractivity contribution in [1.29, 1.82) is 0 Å². The van der Waals surface area contributed by atoms with Gasteiger partial charge in [0.15, 0.2) is 0 Å². The van der Waals surface area contributed by atoms with E-state index < -0.39 is 10.7 Å². The van der Waals surface area contributed by atoms with Gasteiger partial charge in [0, 0.05) is 17.8 Å². The first-order chi connectivity index (χ1) is 9.13. The Morgan fingerprint density at radius 2 is 1.89 bits per heavy atom. The Balaban J connectivity index is 1.54. The maximum absolute atomic E-state index is 13.4. The first kappa shape index (κ1) is 11.2. The fourth-order valence-corrected chi connectivity index (χ4v) is 4.47. The van der Waals surface area contributed by atoms with Gasteiger partial charge in [0.1, 0.15) is 5.82 Å². The number of nitro groups is 1. The average molecular weight is 262 g/mol. The summed E-state index contributed by atoms with van der Waals surface area (Å²) in [5.41, 5.74) is 0.363. The predicted octanol–water partition coefficient (Wildman–Crippen LogP) is 3.19. The van der Waals surface area contributed by atoms with E-state index in [2.05, 4.69) is 5.32 Å². The first-order valence-electron chi connectivity index (χ1n) is 6.85. The molecule has 0 radical (unpaired) electrons. The molecule has 100 valence electrons. The highest BCUT2D eigenvalue weighted by molar-refractivity contribution is 5.53. The van der Waals surface area contributed by atoms with Crippen LogP contribution in [0.3, 0.4) is 0 Å². The smallest absolute Gasteiger partial charge is 0.274 e. The molecule has 1 N–H and O–H groups in total. The van der Waals surface area contributed by atoms with Gasteiger partial charge in [-0.05, 0) is 49.0 Å². The van der Waals surface area contributed by atoms with E-state index in [4.69, 9.17) is 0 Å². The molecular weight excluding hydrogens is 247 g/mol. The van der Waals surface area contributed by atoms with Crippen LogP contribution < -0.4 is 5.32 Å². The topological polar surface area (TPSA) is 55.2 Å². The Morgan fingerprint density at radius 1 is 1.21 bits per heavy atom. The molecule has 4 nitrogen and oxygen atoms in total. The number of nitrogens with zero attached hydrogens (tertiary/aromatic N) is 1. The van der Waals surface area contributed by atoms with Gasteiger partial charge in [-0.2, -0.15) is 0 Å². The van der Waals surface area contributed by atoms with E-state index in [1.165, 1.54) is 31.4 Å². The highest BCUT2D eigenvalue weighted by Crippen LogP contribution is 2.66. The number of benzene rings is 1. The highest BCUT2D eigenvalue weighted by Gasteiger charge is 2.65. The minimum atomic E-state index is -0.550. The molecule has 3 aliphatic carbocycles. The van der Waals surface area contributed by atoms with Gasteiger partial charge < -0.3 is 5.32 Å². The van der Waals surface area contributed by atoms with E-state index in [-0.39, 0.29) is 5.69 Å². The number of fused-ring (bicyclic) bond motifs is 5. The normalized spacial score (nSPS) is 38.1. The Bertz CT molecular complexity index is 546. The number of anilines is 1. The quantitative estimate of drug-likeness (QED) is 0.672. The summed E-state index contributed by atoms with van der Waals surface area (Å²) in [5.74, 6) is 2.56. The Morgan fingerprint density at radius 3 is 2.53 bits per heavy atom. The number of halogens is 1. The van der Waals surface area contributed by atoms with E-state index in [9.17, 15) is 14.5 Å². The van der Waals surface area contributed by atoms with Crippen molar-refractivity contribution in [2.75, 3.05) is 5.32 Å². The lowest BCUT2D eigenvalue weighted by Gasteiger charge is -2.11. The van der Waals surface area contributed by atoms with Crippen molar-refractivity contribution in [3.05, 3.63) is 34.1 Å². The van der Waals surface area contributed by atoms with Crippen molar-refractivity contribution in [1.82, 2.24) is 0 Å². The summed E-state index contributed by atoms with van der Waals surface area (Å²) in [6, 6.07) is 4.15. The average Bonchev–Trinajstić information content (AvgIpc) is 2.77. The van der Waals surface area contributed by atoms with Gasteiger partial charge in [0.05, 0.1) is 11.0 Å². The van der Waals surface area contributed by atoms with Crippen molar-refractivity contribution in [2.24, 2.45) is 23.7 Å². The SMILES string of the molecule is O=[N+]([O-])c1cc(F)cc(NC2C3C4CCC(C4)C23)c1. The molecule has 0 spiro atoms. The molecule has 3 aliphatic rings. The van der Waals surface area contributed by atoms with Crippen molar-refractivity contribution in [3.8, 4) is 0 Å². The third kappa shape index (κ3) is 1.64. The van der Waals surface area contributed by atoms with Crippen LogP contribution in [0.25, 0.3) is 0 Å². The van der Waals surface area contributed by atoms with E-state index >= 15 is 0 Å². The molecule has 0 heterocycles. The molecule has 0 aliphatic heterocycles. The number of nitrogens with one attached hydrogen (secondary N) is 1. The standard InChI is InChI=1S/C14H15FN2O2/c15-9-4-10(6-11(5-9)17(18)19)16-14-12-7-1-2-8(3-7)13(12)14/h4-8,12-14,16H,1-3H2. The fourth-order valence-electron chi connectivity index (χ4n) is 4.47. The maximum atomic E-state index is 13.4. The molecule has 0 aromatic heterocycles. The summed E-state index contributed by atoms with van der Waals surface area (Å²) in [4.78, 5) is 10.2. The second kappa shape index (κ2) is 3.68. The second-order valence-electron chi connectivity index (χ2n) is 6.11. The van der Waals surface area contributed by atoms with Gasteiger partial charge >= 0.3 is 0 Å². The zero-order valence-corrected chi connectivity index (χ0v) is 10.4. The van der Waals surface area contributed by atoms with Crippen molar-refractivity contribution in [2.45, 2.75) is 25.3 Å². The predicted molar refractivity (Wildman–Crippen MR) is 68.3 cm³/mol. The lowest BCUT2D eigenvalue weighted by atomic mass is 10.0. The summed E-state index contributed by atoms with van der Waals surface area (Å²) in [7, 11) is 0. The zero-order valence-electron chi connectivity index (χ0n) is 10.4. The Labute approximate surface area is 110 Å². The number of rotatable bonds is 3. The molecule has 5 heteroatoms. The van der Waals surface area contributed by atoms with E-state index in [1.54, 1.807) is 0 Å². The molecule has 3 saturated carbocycles. The second-order valence-corrected chi connectivity index (χ2v) is 6.11. The van der Waals surface area contributed by atoms with Crippen LogP contribution in [0.15, 0.2) is 18.2 Å². The number of hydrogen-bond donors (Lipinski definition) is 1. The molecule has 0 amide bonds. The summed E-state index contributed by atoms with van der Waals surface area (Å²) in [5, 5.41) is 14.0. The Kier molecular flexibility index (Phi) is 2.17. The van der Waals surface area contributed by atoms with Gasteiger partial charge in [-0.1, -0.05) is 0 Å². The van der Waals surface area contributed by atoms with Crippen LogP contribution in [0, 0.1) is 39.6 Å². The first-order valence-corrected chi connectivity index (χ1v) is 6.85. The molecule has 4 unspecified atom stereocenters. The maximum Gasteiger partial charge on any atom is 0.274 e. The van der Waals surface area contributed by atoms with Crippen LogP contribution in [-0.4, -0.2) is 11.0 Å². The zero-order chi connectivity index (χ0) is 13.1. The van der Waals surface area contributed by atoms with Gasteiger partial charge in [-0.25, -0.2) is 4.39 Å². The molecule has 1 aromatic carbocycles. The van der Waals surface area contributed by atoms with Crippen LogP contribution >= 0.6 is 0 Å². The minimum Gasteiger partial charge on any atom is -0.381 e. The molecule has 4 rings (SSSR count). The van der Waals surface area contributed by atoms with Crippen LogP contribution in [0.5, 0.6) is 0 Å². The molecule has 3 fully saturated rings. The largest absolute Gasteiger partial charge is 0.381 e. The van der Waals surface area contributed by atoms with Gasteiger partial charge in [-0.3, -0.25) is 10.1 Å². The number of nitro benzene ring substituents is 1. The summed E-state index contributed by atoms with van der Waals surface area (Å²) < 4.78 is 13.4. The third-order valence-corrected chi connectivity index (χ3v) is 5.16. The third-order valence-electron chi connectivity index (χ3n) is 5.16. The number of hydrogen-bond acceptors (Lipinski definition) is 3. The van der Waals surface area contributed by atoms with Gasteiger partial charge in [-0.15, -0.1) is 0 Å². The lowest BCUT2D eigenvalue weighted by molar-refractivity contribution is -0.385. The molecule has 2 bridgehead atoms. The van der Waals surface area contributed by atoms with Crippen LogP contribution in [0.2, 0.25) is 0 Å². The molecular formula is C14H15FN2O2. The molecule has 0 saturated heterocycles. The Hall–Kier alpha value is -1.65. The van der Waals surface area contributed by atoms with E-state index in [1.807, 2.05) is 0 Å². The minimum absolute atomic E-state index is 0.184. The molecule has 4 atom stereocenters. The van der Waals surface area contributed by atoms with Crippen LogP contribution in [-0.2, 0) is 0 Å². The van der Waals surface area contributed by atoms with Gasteiger partial charge in [0.25, 0.3) is 5.69 Å². The van der Waals surface area contributed by atoms with Crippen LogP contribution in [0.4, 0.5) is 15.8 Å². The molecule has 19 heavy (non-hydrogen) atoms. The highest BCUT2D eigenvalue weighted by atomic mass is 19.1. The fraction of sp³-hybridized carbons (Fsp3) is 0.571.